The lowest BCUT2D eigenvalue weighted by molar-refractivity contribution is -0.116. The first-order valence-corrected chi connectivity index (χ1v) is 13.2. The van der Waals surface area contributed by atoms with Crippen LogP contribution in [0.1, 0.15) is 22.7 Å². The van der Waals surface area contributed by atoms with Gasteiger partial charge in [0.1, 0.15) is 16.6 Å². The SMILES string of the molecule is COc1ccc(N2CC3CC3(C(=O)Nc3sc(Cc4cc(F)cc(Cl)c4)nc3C)S2(=O)=O)cc1. The van der Waals surface area contributed by atoms with E-state index >= 15 is 0 Å². The van der Waals surface area contributed by atoms with Crippen LogP contribution in [0.3, 0.4) is 0 Å². The Morgan fingerprint density at radius 2 is 2.06 bits per heavy atom. The second kappa shape index (κ2) is 8.21. The van der Waals surface area contributed by atoms with Crippen molar-refractivity contribution in [3.63, 3.8) is 0 Å². The Kier molecular flexibility index (Phi) is 5.57. The Balaban J connectivity index is 1.35. The van der Waals surface area contributed by atoms with E-state index in [9.17, 15) is 17.6 Å². The van der Waals surface area contributed by atoms with E-state index in [4.69, 9.17) is 16.3 Å². The molecule has 1 aliphatic heterocycles. The lowest BCUT2D eigenvalue weighted by Gasteiger charge is -2.23. The molecule has 2 heterocycles. The fraction of sp³-hybridized carbons (Fsp3) is 0.304. The molecule has 1 aromatic heterocycles. The topological polar surface area (TPSA) is 88.6 Å². The first kappa shape index (κ1) is 23.1. The van der Waals surface area contributed by atoms with E-state index < -0.39 is 26.5 Å². The van der Waals surface area contributed by atoms with Crippen LogP contribution in [0.5, 0.6) is 5.75 Å². The van der Waals surface area contributed by atoms with E-state index in [1.165, 1.54) is 34.9 Å². The number of anilines is 2. The molecule has 1 aliphatic carbocycles. The highest BCUT2D eigenvalue weighted by molar-refractivity contribution is 7.95. The predicted octanol–water partition coefficient (Wildman–Crippen LogP) is 4.39. The number of rotatable bonds is 6. The molecule has 11 heteroatoms. The number of halogens is 2. The molecule has 0 bridgehead atoms. The first-order chi connectivity index (χ1) is 16.1. The molecule has 5 rings (SSSR count). The number of ether oxygens (including phenoxy) is 1. The molecule has 1 saturated heterocycles. The summed E-state index contributed by atoms with van der Waals surface area (Å²) in [5, 5.41) is 4.24. The van der Waals surface area contributed by atoms with Gasteiger partial charge in [-0.2, -0.15) is 0 Å². The Hall–Kier alpha value is -2.69. The molecule has 0 spiro atoms. The van der Waals surface area contributed by atoms with E-state index in [0.29, 0.717) is 50.6 Å². The Bertz CT molecular complexity index is 1370. The second-order valence-corrected chi connectivity index (χ2v) is 12.1. The molecular weight excluding hydrogens is 501 g/mol. The van der Waals surface area contributed by atoms with E-state index in [-0.39, 0.29) is 12.5 Å². The second-order valence-electron chi connectivity index (χ2n) is 8.46. The highest BCUT2D eigenvalue weighted by atomic mass is 35.5. The van der Waals surface area contributed by atoms with Crippen molar-refractivity contribution in [3.05, 3.63) is 69.6 Å². The van der Waals surface area contributed by atoms with Crippen molar-refractivity contribution in [3.8, 4) is 5.75 Å². The number of carbonyl (C=O) groups is 1. The van der Waals surface area contributed by atoms with Crippen LogP contribution in [0.2, 0.25) is 5.02 Å². The van der Waals surface area contributed by atoms with Crippen LogP contribution in [0.15, 0.2) is 42.5 Å². The number of benzene rings is 2. The zero-order valence-electron chi connectivity index (χ0n) is 18.3. The van der Waals surface area contributed by atoms with Gasteiger partial charge >= 0.3 is 0 Å². The molecule has 2 unspecified atom stereocenters. The molecular formula is C23H21ClFN3O4S2. The van der Waals surface area contributed by atoms with Gasteiger partial charge in [-0.25, -0.2) is 17.8 Å². The Labute approximate surface area is 205 Å². The third kappa shape index (κ3) is 3.73. The molecule has 2 fully saturated rings. The van der Waals surface area contributed by atoms with Gasteiger partial charge in [0.05, 0.1) is 23.5 Å². The smallest absolute Gasteiger partial charge is 0.250 e. The van der Waals surface area contributed by atoms with Gasteiger partial charge in [0, 0.05) is 23.9 Å². The van der Waals surface area contributed by atoms with Crippen LogP contribution >= 0.6 is 22.9 Å². The monoisotopic (exact) mass is 521 g/mol. The molecule has 3 aromatic rings. The van der Waals surface area contributed by atoms with Crippen LogP contribution in [0.25, 0.3) is 0 Å². The summed E-state index contributed by atoms with van der Waals surface area (Å²) in [4.78, 5) is 17.7. The van der Waals surface area contributed by atoms with Crippen LogP contribution < -0.4 is 14.4 Å². The summed E-state index contributed by atoms with van der Waals surface area (Å²) in [6.45, 7) is 2.00. The van der Waals surface area contributed by atoms with Gasteiger partial charge in [0.15, 0.2) is 4.75 Å². The van der Waals surface area contributed by atoms with Crippen molar-refractivity contribution in [2.75, 3.05) is 23.3 Å². The van der Waals surface area contributed by atoms with Crippen LogP contribution in [-0.4, -0.2) is 37.7 Å². The highest BCUT2D eigenvalue weighted by Gasteiger charge is 2.75. The average Bonchev–Trinajstić information content (AvgIpc) is 3.36. The first-order valence-electron chi connectivity index (χ1n) is 10.5. The van der Waals surface area contributed by atoms with Gasteiger partial charge < -0.3 is 10.1 Å². The molecule has 0 radical (unpaired) electrons. The fourth-order valence-electron chi connectivity index (χ4n) is 4.46. The number of amides is 1. The molecule has 2 atom stereocenters. The molecule has 1 saturated carbocycles. The molecule has 2 aromatic carbocycles. The minimum absolute atomic E-state index is 0.259. The molecule has 1 N–H and O–H groups in total. The third-order valence-electron chi connectivity index (χ3n) is 6.28. The number of methoxy groups -OCH3 is 1. The van der Waals surface area contributed by atoms with Gasteiger partial charge in [0.25, 0.3) is 0 Å². The third-order valence-corrected chi connectivity index (χ3v) is 10.1. The number of hydrogen-bond acceptors (Lipinski definition) is 6. The zero-order valence-corrected chi connectivity index (χ0v) is 20.7. The molecule has 34 heavy (non-hydrogen) atoms. The highest BCUT2D eigenvalue weighted by Crippen LogP contribution is 2.58. The van der Waals surface area contributed by atoms with Crippen LogP contribution in [0.4, 0.5) is 15.1 Å². The number of nitrogens with zero attached hydrogens (tertiary/aromatic N) is 2. The van der Waals surface area contributed by atoms with E-state index in [0.717, 1.165) is 0 Å². The normalized spacial score (nSPS) is 22.4. The van der Waals surface area contributed by atoms with Gasteiger partial charge in [-0.15, -0.1) is 11.3 Å². The van der Waals surface area contributed by atoms with Gasteiger partial charge in [-0.1, -0.05) is 11.6 Å². The largest absolute Gasteiger partial charge is 0.497 e. The summed E-state index contributed by atoms with van der Waals surface area (Å²) >= 11 is 7.17. The standard InChI is InChI=1S/C23H21ClFN3O4S2/c1-13-21(33-20(26-13)9-14-7-16(24)10-17(25)8-14)27-22(29)23-11-15(23)12-28(34(23,30)31)18-3-5-19(32-2)6-4-18/h3-8,10,15H,9,11-12H2,1-2H3,(H,27,29). The zero-order chi connectivity index (χ0) is 24.3. The van der Waals surface area contributed by atoms with Crippen LogP contribution in [0, 0.1) is 18.7 Å². The van der Waals surface area contributed by atoms with Crippen molar-refractivity contribution >= 4 is 49.6 Å². The minimum atomic E-state index is -3.90. The minimum Gasteiger partial charge on any atom is -0.497 e. The lowest BCUT2D eigenvalue weighted by atomic mass is 10.1. The summed E-state index contributed by atoms with van der Waals surface area (Å²) < 4.78 is 45.4. The van der Waals surface area contributed by atoms with Crippen molar-refractivity contribution < 1.29 is 22.3 Å². The maximum atomic E-state index is 13.6. The number of aryl methyl sites for hydroxylation is 1. The number of fused-ring (bicyclic) bond motifs is 1. The average molecular weight is 522 g/mol. The number of carbonyl (C=O) groups excluding carboxylic acids is 1. The maximum Gasteiger partial charge on any atom is 0.250 e. The lowest BCUT2D eigenvalue weighted by Crippen LogP contribution is -2.42. The fourth-order valence-corrected chi connectivity index (χ4v) is 8.06. The van der Waals surface area contributed by atoms with Gasteiger partial charge in [0.2, 0.25) is 15.9 Å². The van der Waals surface area contributed by atoms with E-state index in [2.05, 4.69) is 10.3 Å². The van der Waals surface area contributed by atoms with Crippen molar-refractivity contribution in [2.45, 2.75) is 24.5 Å². The quantitative estimate of drug-likeness (QED) is 0.519. The van der Waals surface area contributed by atoms with Crippen molar-refractivity contribution in [2.24, 2.45) is 5.92 Å². The molecule has 7 nitrogen and oxygen atoms in total. The van der Waals surface area contributed by atoms with Gasteiger partial charge in [-0.05, 0) is 61.4 Å². The summed E-state index contributed by atoms with van der Waals surface area (Å²) in [6, 6.07) is 11.0. The molecule has 2 aliphatic rings. The molecule has 1 amide bonds. The number of thiazole rings is 1. The number of hydrogen-bond donors (Lipinski definition) is 1. The summed E-state index contributed by atoms with van der Waals surface area (Å²) in [5.74, 6) is -0.631. The van der Waals surface area contributed by atoms with Crippen LogP contribution in [-0.2, 0) is 21.2 Å². The van der Waals surface area contributed by atoms with Gasteiger partial charge in [-0.3, -0.25) is 9.10 Å². The Morgan fingerprint density at radius 1 is 1.32 bits per heavy atom. The number of nitrogens with one attached hydrogen (secondary N) is 1. The van der Waals surface area contributed by atoms with Crippen molar-refractivity contribution in [1.29, 1.82) is 0 Å². The summed E-state index contributed by atoms with van der Waals surface area (Å²) in [6.07, 6.45) is 0.635. The number of sulfonamides is 1. The predicted molar refractivity (Wildman–Crippen MR) is 130 cm³/mol. The number of aromatic nitrogens is 1. The van der Waals surface area contributed by atoms with E-state index in [1.54, 1.807) is 37.3 Å². The maximum absolute atomic E-state index is 13.6. The Morgan fingerprint density at radius 3 is 2.74 bits per heavy atom. The molecule has 178 valence electrons. The summed E-state index contributed by atoms with van der Waals surface area (Å²) in [7, 11) is -2.36. The van der Waals surface area contributed by atoms with E-state index in [1.807, 2.05) is 0 Å². The summed E-state index contributed by atoms with van der Waals surface area (Å²) in [5.41, 5.74) is 1.74. The van der Waals surface area contributed by atoms with Crippen molar-refractivity contribution in [1.82, 2.24) is 4.98 Å².